The second-order valence-corrected chi connectivity index (χ2v) is 6.98. The van der Waals surface area contributed by atoms with Crippen LogP contribution >= 0.6 is 0 Å². The number of methoxy groups -OCH3 is 1. The van der Waals surface area contributed by atoms with E-state index in [1.807, 2.05) is 0 Å². The number of rotatable bonds is 5. The van der Waals surface area contributed by atoms with E-state index in [1.165, 1.54) is 39.0 Å². The Kier molecular flexibility index (Phi) is 4.68. The van der Waals surface area contributed by atoms with Gasteiger partial charge in [-0.15, -0.1) is 0 Å². The number of nitrogens with zero attached hydrogens (tertiary/aromatic N) is 2. The first-order chi connectivity index (χ1) is 8.52. The van der Waals surface area contributed by atoms with E-state index < -0.39 is 0 Å². The third-order valence-electron chi connectivity index (χ3n) is 4.68. The smallest absolute Gasteiger partial charge is 0.0467 e. The van der Waals surface area contributed by atoms with Crippen molar-refractivity contribution in [3.63, 3.8) is 0 Å². The fourth-order valence-electron chi connectivity index (χ4n) is 3.48. The Bertz CT molecular complexity index is 267. The molecule has 0 aromatic carbocycles. The molecule has 2 aliphatic rings. The third kappa shape index (κ3) is 3.46. The normalized spacial score (nSPS) is 30.7. The van der Waals surface area contributed by atoms with Gasteiger partial charge in [0.25, 0.3) is 0 Å². The molecule has 0 N–H and O–H groups in total. The SMILES string of the molecule is COCCC(C)(C)CN1CC2CCCN2CC1C. The van der Waals surface area contributed by atoms with Gasteiger partial charge in [-0.05, 0) is 38.1 Å². The molecule has 0 bridgehead atoms. The summed E-state index contributed by atoms with van der Waals surface area (Å²) < 4.78 is 5.24. The Hall–Kier alpha value is -0.120. The Labute approximate surface area is 112 Å². The largest absolute Gasteiger partial charge is 0.385 e. The maximum absolute atomic E-state index is 5.24. The van der Waals surface area contributed by atoms with Gasteiger partial charge < -0.3 is 4.74 Å². The molecule has 0 aromatic rings. The van der Waals surface area contributed by atoms with E-state index in [-0.39, 0.29) is 0 Å². The van der Waals surface area contributed by atoms with Gasteiger partial charge in [0.15, 0.2) is 0 Å². The number of piperazine rings is 1. The molecule has 0 aliphatic carbocycles. The van der Waals surface area contributed by atoms with Crippen LogP contribution in [0.5, 0.6) is 0 Å². The first-order valence-corrected chi connectivity index (χ1v) is 7.49. The van der Waals surface area contributed by atoms with Crippen LogP contribution in [0, 0.1) is 5.41 Å². The van der Waals surface area contributed by atoms with Crippen LogP contribution in [0.1, 0.15) is 40.0 Å². The first-order valence-electron chi connectivity index (χ1n) is 7.49. The highest BCUT2D eigenvalue weighted by Crippen LogP contribution is 2.29. The van der Waals surface area contributed by atoms with E-state index in [9.17, 15) is 0 Å². The van der Waals surface area contributed by atoms with Crippen molar-refractivity contribution in [3.8, 4) is 0 Å². The Morgan fingerprint density at radius 3 is 2.78 bits per heavy atom. The van der Waals surface area contributed by atoms with E-state index in [2.05, 4.69) is 30.6 Å². The van der Waals surface area contributed by atoms with Gasteiger partial charge in [0.05, 0.1) is 0 Å². The van der Waals surface area contributed by atoms with Gasteiger partial charge in [-0.1, -0.05) is 13.8 Å². The van der Waals surface area contributed by atoms with Crippen LogP contribution in [0.2, 0.25) is 0 Å². The number of hydrogen-bond donors (Lipinski definition) is 0. The molecule has 0 saturated carbocycles. The van der Waals surface area contributed by atoms with Crippen LogP contribution in [-0.4, -0.2) is 61.8 Å². The van der Waals surface area contributed by atoms with Crippen molar-refractivity contribution < 1.29 is 4.74 Å². The second kappa shape index (κ2) is 5.89. The fourth-order valence-corrected chi connectivity index (χ4v) is 3.48. The summed E-state index contributed by atoms with van der Waals surface area (Å²) >= 11 is 0. The van der Waals surface area contributed by atoms with Crippen molar-refractivity contribution in [2.24, 2.45) is 5.41 Å². The van der Waals surface area contributed by atoms with E-state index in [0.717, 1.165) is 19.1 Å². The van der Waals surface area contributed by atoms with Crippen LogP contribution in [0.15, 0.2) is 0 Å². The molecule has 0 spiro atoms. The third-order valence-corrected chi connectivity index (χ3v) is 4.68. The molecule has 0 radical (unpaired) electrons. The number of fused-ring (bicyclic) bond motifs is 1. The zero-order chi connectivity index (χ0) is 13.2. The lowest BCUT2D eigenvalue weighted by atomic mass is 9.88. The summed E-state index contributed by atoms with van der Waals surface area (Å²) in [5.41, 5.74) is 0.366. The van der Waals surface area contributed by atoms with Crippen molar-refractivity contribution >= 4 is 0 Å². The highest BCUT2D eigenvalue weighted by molar-refractivity contribution is 4.92. The molecular weight excluding hydrogens is 224 g/mol. The van der Waals surface area contributed by atoms with Crippen LogP contribution in [0.25, 0.3) is 0 Å². The predicted octanol–water partition coefficient (Wildman–Crippen LogP) is 2.22. The minimum atomic E-state index is 0.366. The Morgan fingerprint density at radius 1 is 1.28 bits per heavy atom. The topological polar surface area (TPSA) is 15.7 Å². The van der Waals surface area contributed by atoms with E-state index in [0.29, 0.717) is 11.5 Å². The van der Waals surface area contributed by atoms with Gasteiger partial charge in [0.1, 0.15) is 0 Å². The van der Waals surface area contributed by atoms with Gasteiger partial charge in [0, 0.05) is 45.4 Å². The molecule has 106 valence electrons. The quantitative estimate of drug-likeness (QED) is 0.748. The molecule has 2 rings (SSSR count). The van der Waals surface area contributed by atoms with Crippen LogP contribution in [0.3, 0.4) is 0 Å². The molecule has 2 atom stereocenters. The van der Waals surface area contributed by atoms with E-state index in [1.54, 1.807) is 7.11 Å². The maximum atomic E-state index is 5.24. The zero-order valence-electron chi connectivity index (χ0n) is 12.6. The summed E-state index contributed by atoms with van der Waals surface area (Å²) in [6.07, 6.45) is 3.96. The predicted molar refractivity (Wildman–Crippen MR) is 75.9 cm³/mol. The number of ether oxygens (including phenoxy) is 1. The molecule has 2 aliphatic heterocycles. The summed E-state index contributed by atoms with van der Waals surface area (Å²) in [4.78, 5) is 5.41. The standard InChI is InChI=1S/C15H30N2O/c1-13-10-16-8-5-6-14(16)11-17(13)12-15(2,3)7-9-18-4/h13-14H,5-12H2,1-4H3. The molecule has 2 fully saturated rings. The van der Waals surface area contributed by atoms with Gasteiger partial charge in [-0.3, -0.25) is 9.80 Å². The summed E-state index contributed by atoms with van der Waals surface area (Å²) in [5.74, 6) is 0. The molecule has 3 heteroatoms. The molecular formula is C15H30N2O. The minimum absolute atomic E-state index is 0.366. The summed E-state index contributed by atoms with van der Waals surface area (Å²) in [7, 11) is 1.80. The lowest BCUT2D eigenvalue weighted by Gasteiger charge is -2.45. The van der Waals surface area contributed by atoms with Gasteiger partial charge in [-0.2, -0.15) is 0 Å². The van der Waals surface area contributed by atoms with E-state index in [4.69, 9.17) is 4.74 Å². The van der Waals surface area contributed by atoms with Gasteiger partial charge in [-0.25, -0.2) is 0 Å². The fraction of sp³-hybridized carbons (Fsp3) is 1.00. The van der Waals surface area contributed by atoms with Crippen LogP contribution < -0.4 is 0 Å². The van der Waals surface area contributed by atoms with Crippen molar-refractivity contribution in [2.45, 2.75) is 52.1 Å². The second-order valence-electron chi connectivity index (χ2n) is 6.98. The average molecular weight is 254 g/mol. The Balaban J connectivity index is 1.88. The first kappa shape index (κ1) is 14.3. The number of hydrogen-bond acceptors (Lipinski definition) is 3. The van der Waals surface area contributed by atoms with Gasteiger partial charge in [0.2, 0.25) is 0 Å². The zero-order valence-corrected chi connectivity index (χ0v) is 12.6. The summed E-state index contributed by atoms with van der Waals surface area (Å²) in [5, 5.41) is 0. The van der Waals surface area contributed by atoms with Crippen LogP contribution in [0.4, 0.5) is 0 Å². The molecule has 2 saturated heterocycles. The lowest BCUT2D eigenvalue weighted by molar-refractivity contribution is 0.0254. The molecule has 2 unspecified atom stereocenters. The summed E-state index contributed by atoms with van der Waals surface area (Å²) in [6, 6.07) is 1.54. The highest BCUT2D eigenvalue weighted by atomic mass is 16.5. The summed E-state index contributed by atoms with van der Waals surface area (Å²) in [6.45, 7) is 13.1. The molecule has 0 amide bonds. The van der Waals surface area contributed by atoms with Crippen molar-refractivity contribution in [2.75, 3.05) is 39.9 Å². The van der Waals surface area contributed by atoms with Crippen molar-refractivity contribution in [1.29, 1.82) is 0 Å². The van der Waals surface area contributed by atoms with Crippen LogP contribution in [-0.2, 0) is 4.74 Å². The highest BCUT2D eigenvalue weighted by Gasteiger charge is 2.36. The monoisotopic (exact) mass is 254 g/mol. The minimum Gasteiger partial charge on any atom is -0.385 e. The lowest BCUT2D eigenvalue weighted by Crippen LogP contribution is -2.56. The molecule has 3 nitrogen and oxygen atoms in total. The molecule has 18 heavy (non-hydrogen) atoms. The molecule has 2 heterocycles. The van der Waals surface area contributed by atoms with E-state index >= 15 is 0 Å². The van der Waals surface area contributed by atoms with Crippen molar-refractivity contribution in [3.05, 3.63) is 0 Å². The van der Waals surface area contributed by atoms with Gasteiger partial charge >= 0.3 is 0 Å². The maximum Gasteiger partial charge on any atom is 0.0467 e. The Morgan fingerprint density at radius 2 is 2.06 bits per heavy atom. The van der Waals surface area contributed by atoms with Crippen molar-refractivity contribution in [1.82, 2.24) is 9.80 Å². The molecule has 0 aromatic heterocycles. The average Bonchev–Trinajstić information content (AvgIpc) is 2.73.